The number of benzene rings is 3. The van der Waals surface area contributed by atoms with Crippen LogP contribution >= 0.6 is 11.6 Å². The molecule has 4 heteroatoms. The average molecular weight is 325 g/mol. The molecule has 0 heterocycles. The quantitative estimate of drug-likeness (QED) is 0.479. The maximum absolute atomic E-state index is 12.1. The van der Waals surface area contributed by atoms with Gasteiger partial charge in [0.1, 0.15) is 16.5 Å². The first-order chi connectivity index (χ1) is 11.2. The number of esters is 1. The Labute approximate surface area is 139 Å². The lowest BCUT2D eigenvalue weighted by Crippen LogP contribution is -2.08. The van der Waals surface area contributed by atoms with Crippen LogP contribution in [0.25, 0.3) is 0 Å². The summed E-state index contributed by atoms with van der Waals surface area (Å²) in [6.45, 7) is 0. The van der Waals surface area contributed by atoms with Crippen molar-refractivity contribution in [2.75, 3.05) is 0 Å². The molecule has 0 fully saturated rings. The second-order valence-electron chi connectivity index (χ2n) is 4.74. The van der Waals surface area contributed by atoms with E-state index in [1.165, 1.54) is 0 Å². The molecular formula is C19H13ClO3. The van der Waals surface area contributed by atoms with Gasteiger partial charge in [0.15, 0.2) is 5.75 Å². The van der Waals surface area contributed by atoms with Crippen molar-refractivity contribution in [2.45, 2.75) is 0 Å². The van der Waals surface area contributed by atoms with Gasteiger partial charge in [-0.2, -0.15) is 0 Å². The number of hydrogen-bond acceptors (Lipinski definition) is 3. The summed E-state index contributed by atoms with van der Waals surface area (Å²) in [5, 5.41) is 0.251. The number of para-hydroxylation sites is 1. The molecule has 3 aromatic rings. The summed E-state index contributed by atoms with van der Waals surface area (Å²) in [6, 6.07) is 23.1. The van der Waals surface area contributed by atoms with Gasteiger partial charge in [-0.05, 0) is 36.4 Å². The highest BCUT2D eigenvalue weighted by atomic mass is 35.5. The van der Waals surface area contributed by atoms with Crippen molar-refractivity contribution in [2.24, 2.45) is 0 Å². The van der Waals surface area contributed by atoms with Crippen molar-refractivity contribution in [3.8, 4) is 17.2 Å². The monoisotopic (exact) mass is 324 g/mol. The van der Waals surface area contributed by atoms with Gasteiger partial charge in [-0.25, -0.2) is 4.79 Å². The largest absolute Gasteiger partial charge is 0.456 e. The van der Waals surface area contributed by atoms with E-state index in [0.29, 0.717) is 17.1 Å². The Hall–Kier alpha value is -2.78. The zero-order valence-corrected chi connectivity index (χ0v) is 12.9. The predicted octanol–water partition coefficient (Wildman–Crippen LogP) is 5.35. The molecule has 3 rings (SSSR count). The number of ether oxygens (including phenoxy) is 2. The standard InChI is InChI=1S/C19H13ClO3/c20-18-16(22-15-10-5-2-6-11-15)12-7-13-17(18)23-19(21)14-8-3-1-4-9-14/h1-13H. The van der Waals surface area contributed by atoms with E-state index in [1.807, 2.05) is 36.4 Å². The van der Waals surface area contributed by atoms with Crippen molar-refractivity contribution < 1.29 is 14.3 Å². The molecule has 0 saturated carbocycles. The summed E-state index contributed by atoms with van der Waals surface area (Å²) in [6.07, 6.45) is 0. The van der Waals surface area contributed by atoms with E-state index >= 15 is 0 Å². The summed E-state index contributed by atoms with van der Waals surface area (Å²) >= 11 is 6.29. The summed E-state index contributed by atoms with van der Waals surface area (Å²) in [5.74, 6) is 0.871. The van der Waals surface area contributed by atoms with Crippen molar-refractivity contribution >= 4 is 17.6 Å². The Morgan fingerprint density at radius 2 is 1.35 bits per heavy atom. The Balaban J connectivity index is 1.81. The molecule has 0 radical (unpaired) electrons. The smallest absolute Gasteiger partial charge is 0.343 e. The van der Waals surface area contributed by atoms with Crippen LogP contribution in [0.1, 0.15) is 10.4 Å². The van der Waals surface area contributed by atoms with Crippen molar-refractivity contribution in [3.05, 3.63) is 89.4 Å². The molecule has 0 aromatic heterocycles. The molecule has 0 aliphatic rings. The van der Waals surface area contributed by atoms with Gasteiger partial charge in [0, 0.05) is 0 Å². The molecule has 0 aliphatic heterocycles. The number of hydrogen-bond donors (Lipinski definition) is 0. The van der Waals surface area contributed by atoms with Crippen LogP contribution < -0.4 is 9.47 Å². The molecule has 114 valence electrons. The summed E-state index contributed by atoms with van der Waals surface area (Å²) < 4.78 is 11.1. The SMILES string of the molecule is O=C(Oc1cccc(Oc2ccccc2)c1Cl)c1ccccc1. The minimum atomic E-state index is -0.468. The van der Waals surface area contributed by atoms with Crippen molar-refractivity contribution in [1.29, 1.82) is 0 Å². The van der Waals surface area contributed by atoms with E-state index in [-0.39, 0.29) is 10.8 Å². The molecule has 0 amide bonds. The highest BCUT2D eigenvalue weighted by Gasteiger charge is 2.14. The second-order valence-corrected chi connectivity index (χ2v) is 5.12. The number of rotatable bonds is 4. The maximum atomic E-state index is 12.1. The Morgan fingerprint density at radius 3 is 2.04 bits per heavy atom. The summed E-state index contributed by atoms with van der Waals surface area (Å²) in [7, 11) is 0. The van der Waals surface area contributed by atoms with Gasteiger partial charge in [0.25, 0.3) is 0 Å². The molecule has 0 bridgehead atoms. The van der Waals surface area contributed by atoms with E-state index in [9.17, 15) is 4.79 Å². The van der Waals surface area contributed by atoms with Crippen LogP contribution in [0.5, 0.6) is 17.2 Å². The number of carbonyl (C=O) groups is 1. The minimum absolute atomic E-state index is 0.251. The molecule has 0 aliphatic carbocycles. The van der Waals surface area contributed by atoms with Crippen LogP contribution in [0.4, 0.5) is 0 Å². The zero-order valence-electron chi connectivity index (χ0n) is 12.1. The van der Waals surface area contributed by atoms with Gasteiger partial charge in [-0.1, -0.05) is 54.1 Å². The fraction of sp³-hybridized carbons (Fsp3) is 0. The van der Waals surface area contributed by atoms with E-state index in [1.54, 1.807) is 42.5 Å². The molecule has 0 unspecified atom stereocenters. The van der Waals surface area contributed by atoms with Gasteiger partial charge in [-0.3, -0.25) is 0 Å². The fourth-order valence-electron chi connectivity index (χ4n) is 2.00. The molecule has 3 aromatic carbocycles. The third kappa shape index (κ3) is 3.71. The minimum Gasteiger partial charge on any atom is -0.456 e. The first kappa shape index (κ1) is 15.1. The second kappa shape index (κ2) is 6.99. The first-order valence-corrected chi connectivity index (χ1v) is 7.40. The van der Waals surface area contributed by atoms with E-state index < -0.39 is 5.97 Å². The summed E-state index contributed by atoms with van der Waals surface area (Å²) in [4.78, 5) is 12.1. The van der Waals surface area contributed by atoms with Crippen molar-refractivity contribution in [3.63, 3.8) is 0 Å². The van der Waals surface area contributed by atoms with Crippen LogP contribution in [-0.4, -0.2) is 5.97 Å². The molecule has 0 saturated heterocycles. The molecule has 0 N–H and O–H groups in total. The first-order valence-electron chi connectivity index (χ1n) is 7.02. The van der Waals surface area contributed by atoms with E-state index in [2.05, 4.69) is 0 Å². The van der Waals surface area contributed by atoms with Crippen LogP contribution in [-0.2, 0) is 0 Å². The number of carbonyl (C=O) groups excluding carboxylic acids is 1. The third-order valence-corrected chi connectivity index (χ3v) is 3.48. The maximum Gasteiger partial charge on any atom is 0.343 e. The highest BCUT2D eigenvalue weighted by molar-refractivity contribution is 6.33. The normalized spacial score (nSPS) is 10.1. The van der Waals surface area contributed by atoms with Gasteiger partial charge >= 0.3 is 5.97 Å². The Morgan fingerprint density at radius 1 is 0.739 bits per heavy atom. The van der Waals surface area contributed by atoms with Crippen LogP contribution in [0, 0.1) is 0 Å². The van der Waals surface area contributed by atoms with Gasteiger partial charge in [0.05, 0.1) is 5.56 Å². The van der Waals surface area contributed by atoms with Gasteiger partial charge in [-0.15, -0.1) is 0 Å². The van der Waals surface area contributed by atoms with E-state index in [0.717, 1.165) is 0 Å². The van der Waals surface area contributed by atoms with Crippen LogP contribution in [0.3, 0.4) is 0 Å². The third-order valence-electron chi connectivity index (χ3n) is 3.11. The Kier molecular flexibility index (Phi) is 4.60. The summed E-state index contributed by atoms with van der Waals surface area (Å²) in [5.41, 5.74) is 0.456. The topological polar surface area (TPSA) is 35.5 Å². The molecule has 3 nitrogen and oxygen atoms in total. The molecular weight excluding hydrogens is 312 g/mol. The molecule has 0 atom stereocenters. The van der Waals surface area contributed by atoms with Crippen LogP contribution in [0.2, 0.25) is 5.02 Å². The molecule has 23 heavy (non-hydrogen) atoms. The van der Waals surface area contributed by atoms with Crippen LogP contribution in [0.15, 0.2) is 78.9 Å². The lowest BCUT2D eigenvalue weighted by atomic mass is 10.2. The van der Waals surface area contributed by atoms with Gasteiger partial charge in [0.2, 0.25) is 0 Å². The lowest BCUT2D eigenvalue weighted by molar-refractivity contribution is 0.0734. The lowest BCUT2D eigenvalue weighted by Gasteiger charge is -2.11. The number of halogens is 1. The predicted molar refractivity (Wildman–Crippen MR) is 89.4 cm³/mol. The van der Waals surface area contributed by atoms with Crippen molar-refractivity contribution in [1.82, 2.24) is 0 Å². The zero-order chi connectivity index (χ0) is 16.1. The average Bonchev–Trinajstić information content (AvgIpc) is 2.60. The fourth-order valence-corrected chi connectivity index (χ4v) is 2.20. The highest BCUT2D eigenvalue weighted by Crippen LogP contribution is 2.36. The molecule has 0 spiro atoms. The van der Waals surface area contributed by atoms with E-state index in [4.69, 9.17) is 21.1 Å². The van der Waals surface area contributed by atoms with Gasteiger partial charge < -0.3 is 9.47 Å². The Bertz CT molecular complexity index is 801.